The number of halogens is 2. The van der Waals surface area contributed by atoms with Gasteiger partial charge in [-0.05, 0) is 57.6 Å². The topological polar surface area (TPSA) is 166 Å². The third kappa shape index (κ3) is 10.6. The number of nitrogens with one attached hydrogen (secondary N) is 1. The monoisotopic (exact) mass is 675 g/mol. The first-order chi connectivity index (χ1) is 21.6. The fourth-order valence-electron chi connectivity index (χ4n) is 6.62. The Balaban J connectivity index is 0.000000518. The second kappa shape index (κ2) is 17.7. The van der Waals surface area contributed by atoms with Crippen LogP contribution in [0, 0.1) is 11.8 Å². The number of primary amides is 1. The van der Waals surface area contributed by atoms with Crippen LogP contribution in [0.3, 0.4) is 0 Å². The zero-order chi connectivity index (χ0) is 36.5. The predicted octanol–water partition coefficient (Wildman–Crippen LogP) is 2.84. The van der Waals surface area contributed by atoms with Gasteiger partial charge in [-0.15, -0.1) is 0 Å². The average Bonchev–Trinajstić information content (AvgIpc) is 3.29. The molecule has 11 nitrogen and oxygen atoms in total. The average molecular weight is 676 g/mol. The Morgan fingerprint density at radius 1 is 1.02 bits per heavy atom. The molecule has 0 radical (unpaired) electrons. The number of aliphatic hydroxyl groups is 5. The van der Waals surface area contributed by atoms with Crippen molar-refractivity contribution in [3.63, 3.8) is 0 Å². The Morgan fingerprint density at radius 2 is 1.53 bits per heavy atom. The number of benzene rings is 1. The molecule has 2 aliphatic rings. The molecular weight excluding hydrogens is 612 g/mol. The van der Waals surface area contributed by atoms with Crippen LogP contribution in [0.2, 0.25) is 0 Å². The highest BCUT2D eigenvalue weighted by molar-refractivity contribution is 5.83. The van der Waals surface area contributed by atoms with Gasteiger partial charge in [0.1, 0.15) is 0 Å². The highest BCUT2D eigenvalue weighted by atomic mass is 19.3. The summed E-state index contributed by atoms with van der Waals surface area (Å²) < 4.78 is 26.2. The van der Waals surface area contributed by atoms with E-state index in [1.165, 1.54) is 24.9 Å². The maximum Gasteiger partial charge on any atom is 0.352 e. The van der Waals surface area contributed by atoms with Crippen molar-refractivity contribution >= 4 is 5.91 Å². The summed E-state index contributed by atoms with van der Waals surface area (Å²) in [4.78, 5) is 16.2. The van der Waals surface area contributed by atoms with E-state index in [9.17, 15) is 18.7 Å². The second-order valence-corrected chi connectivity index (χ2v) is 13.5. The Kier molecular flexibility index (Phi) is 16.3. The minimum Gasteiger partial charge on any atom is -0.380 e. The Labute approximate surface area is 280 Å². The molecule has 47 heavy (non-hydrogen) atoms. The van der Waals surface area contributed by atoms with Crippen molar-refractivity contribution in [3.05, 3.63) is 35.9 Å². The van der Waals surface area contributed by atoms with E-state index in [-0.39, 0.29) is 0 Å². The number of hydrazine groups is 1. The molecule has 1 saturated heterocycles. The summed E-state index contributed by atoms with van der Waals surface area (Å²) >= 11 is 0. The van der Waals surface area contributed by atoms with Gasteiger partial charge in [0.05, 0.1) is 12.3 Å². The van der Waals surface area contributed by atoms with Crippen LogP contribution in [0.4, 0.5) is 8.78 Å². The summed E-state index contributed by atoms with van der Waals surface area (Å²) in [7, 11) is 2.19. The van der Waals surface area contributed by atoms with Crippen LogP contribution in [0.1, 0.15) is 93.6 Å². The maximum absolute atomic E-state index is 13.1. The number of alkyl halides is 2. The number of hydrogen-bond donors (Lipinski definition) is 7. The number of carbonyl (C=O) groups is 1. The SMILES string of the molecule is CC.CCC(C)C(C)N(CCCc1ccccc1)CC(C)N1C(C)NN(C)C1C(C)C.NC(=O)C1(O)CC(O)(O)C(F)(F)C(O)(O)C1. The van der Waals surface area contributed by atoms with Crippen molar-refractivity contribution in [2.45, 2.75) is 142 Å². The van der Waals surface area contributed by atoms with E-state index in [0.717, 1.165) is 18.9 Å². The van der Waals surface area contributed by atoms with Gasteiger partial charge in [-0.1, -0.05) is 78.3 Å². The van der Waals surface area contributed by atoms with Gasteiger partial charge in [-0.3, -0.25) is 14.6 Å². The number of hydrogen-bond acceptors (Lipinski definition) is 10. The van der Waals surface area contributed by atoms with Crippen molar-refractivity contribution in [1.82, 2.24) is 20.2 Å². The van der Waals surface area contributed by atoms with Gasteiger partial charge in [-0.25, -0.2) is 10.4 Å². The molecule has 1 amide bonds. The smallest absolute Gasteiger partial charge is 0.352 e. The molecule has 2 fully saturated rings. The summed E-state index contributed by atoms with van der Waals surface area (Å²) in [6.07, 6.45) is 1.41. The predicted molar refractivity (Wildman–Crippen MR) is 180 cm³/mol. The number of nitrogens with zero attached hydrogens (tertiary/aromatic N) is 3. The van der Waals surface area contributed by atoms with Crippen LogP contribution < -0.4 is 11.2 Å². The molecule has 3 rings (SSSR count). The molecule has 0 spiro atoms. The van der Waals surface area contributed by atoms with Gasteiger partial charge in [0, 0.05) is 38.5 Å². The molecule has 1 aromatic rings. The minimum absolute atomic E-state index is 0.382. The largest absolute Gasteiger partial charge is 0.380 e. The zero-order valence-corrected chi connectivity index (χ0v) is 30.1. The van der Waals surface area contributed by atoms with Gasteiger partial charge < -0.3 is 31.3 Å². The lowest BCUT2D eigenvalue weighted by atomic mass is 9.74. The molecule has 8 N–H and O–H groups in total. The molecule has 1 aromatic carbocycles. The van der Waals surface area contributed by atoms with Gasteiger partial charge in [0.25, 0.3) is 0 Å². The van der Waals surface area contributed by atoms with Gasteiger partial charge >= 0.3 is 5.92 Å². The van der Waals surface area contributed by atoms with Crippen LogP contribution in [-0.2, 0) is 11.2 Å². The molecule has 1 aliphatic heterocycles. The van der Waals surface area contributed by atoms with E-state index < -0.39 is 41.8 Å². The molecule has 1 aliphatic carbocycles. The Morgan fingerprint density at radius 3 is 1.98 bits per heavy atom. The third-order valence-corrected chi connectivity index (χ3v) is 9.48. The van der Waals surface area contributed by atoms with E-state index in [1.54, 1.807) is 0 Å². The zero-order valence-electron chi connectivity index (χ0n) is 30.1. The van der Waals surface area contributed by atoms with Gasteiger partial charge in [0.2, 0.25) is 17.5 Å². The van der Waals surface area contributed by atoms with Gasteiger partial charge in [0.15, 0.2) is 5.60 Å². The third-order valence-electron chi connectivity index (χ3n) is 9.48. The molecule has 13 heteroatoms. The van der Waals surface area contributed by atoms with Crippen LogP contribution >= 0.6 is 0 Å². The van der Waals surface area contributed by atoms with E-state index in [0.29, 0.717) is 30.3 Å². The van der Waals surface area contributed by atoms with Crippen molar-refractivity contribution in [2.75, 3.05) is 20.1 Å². The lowest BCUT2D eigenvalue weighted by molar-refractivity contribution is -0.432. The first-order valence-corrected chi connectivity index (χ1v) is 17.0. The number of nitrogens with two attached hydrogens (primary N) is 1. The van der Waals surface area contributed by atoms with E-state index >= 15 is 0 Å². The molecule has 274 valence electrons. The normalized spacial score (nSPS) is 25.3. The highest BCUT2D eigenvalue weighted by Gasteiger charge is 2.73. The molecule has 1 heterocycles. The minimum atomic E-state index is -4.73. The fraction of sp³-hybridized carbons (Fsp3) is 0.794. The van der Waals surface area contributed by atoms with Gasteiger partial charge in [-0.2, -0.15) is 8.78 Å². The van der Waals surface area contributed by atoms with Crippen molar-refractivity contribution < 1.29 is 39.1 Å². The van der Waals surface area contributed by atoms with E-state index in [1.807, 2.05) is 13.8 Å². The first kappa shape index (κ1) is 43.2. The summed E-state index contributed by atoms with van der Waals surface area (Å²) in [5.41, 5.74) is 6.89. The quantitative estimate of drug-likeness (QED) is 0.164. The number of amides is 1. The number of aryl methyl sites for hydroxylation is 1. The van der Waals surface area contributed by atoms with E-state index in [2.05, 4.69) is 112 Å². The maximum atomic E-state index is 13.1. The molecule has 5 unspecified atom stereocenters. The van der Waals surface area contributed by atoms with E-state index in [4.69, 9.17) is 20.4 Å². The lowest BCUT2D eigenvalue weighted by Gasteiger charge is -2.48. The van der Waals surface area contributed by atoms with Crippen LogP contribution in [0.5, 0.6) is 0 Å². The summed E-state index contributed by atoms with van der Waals surface area (Å²) in [6, 6.07) is 12.0. The number of carbonyl (C=O) groups excluding carboxylic acids is 1. The van der Waals surface area contributed by atoms with Crippen LogP contribution in [-0.4, -0.2) is 114 Å². The Bertz CT molecular complexity index is 1060. The molecule has 1 saturated carbocycles. The van der Waals surface area contributed by atoms with Crippen LogP contribution in [0.15, 0.2) is 30.3 Å². The molecule has 0 aromatic heterocycles. The Hall–Kier alpha value is -1.81. The summed E-state index contributed by atoms with van der Waals surface area (Å²) in [6.45, 7) is 22.8. The molecular formula is C34H63F2N5O6. The molecule has 5 atom stereocenters. The highest BCUT2D eigenvalue weighted by Crippen LogP contribution is 2.49. The lowest BCUT2D eigenvalue weighted by Crippen LogP contribution is -2.73. The first-order valence-electron chi connectivity index (χ1n) is 17.0. The second-order valence-electron chi connectivity index (χ2n) is 13.5. The van der Waals surface area contributed by atoms with Crippen molar-refractivity contribution in [1.29, 1.82) is 0 Å². The van der Waals surface area contributed by atoms with Crippen molar-refractivity contribution in [3.8, 4) is 0 Å². The van der Waals surface area contributed by atoms with Crippen LogP contribution in [0.25, 0.3) is 0 Å². The standard InChI is InChI=1S/C25H46N4.C7H11F2NO6.C2H6/c1-9-20(4)22(6)28(17-13-16-24-14-11-10-12-15-24)18-21(5)29-23(7)26-27(8)25(29)19(2)3;8-7(9)5(13,14)1-4(12,3(10)11)2-6(7,15)16;1-2/h10-12,14-15,19-23,25-26H,9,13,16-18H2,1-8H3;12-16H,1-2H2,(H2,10,11);1-2H3. The molecule has 0 bridgehead atoms. The summed E-state index contributed by atoms with van der Waals surface area (Å²) in [5.74, 6) is -12.9. The summed E-state index contributed by atoms with van der Waals surface area (Å²) in [5, 5.41) is 47.5. The van der Waals surface area contributed by atoms with Crippen molar-refractivity contribution in [2.24, 2.45) is 17.6 Å². The number of rotatable bonds is 12. The fourth-order valence-corrected chi connectivity index (χ4v) is 6.62.